The molecule has 504 valence electrons. The van der Waals surface area contributed by atoms with Gasteiger partial charge in [0.1, 0.15) is 23.8 Å². The van der Waals surface area contributed by atoms with Gasteiger partial charge in [0, 0.05) is 95.1 Å². The number of rotatable bonds is 29. The third-order valence-corrected chi connectivity index (χ3v) is 16.6. The predicted octanol–water partition coefficient (Wildman–Crippen LogP) is 4.78. The van der Waals surface area contributed by atoms with Crippen molar-refractivity contribution in [1.29, 1.82) is 0 Å². The van der Waals surface area contributed by atoms with Gasteiger partial charge in [-0.05, 0) is 101 Å². The second-order valence-electron chi connectivity index (χ2n) is 24.8. The molecule has 0 unspecified atom stereocenters. The predicted molar refractivity (Wildman–Crippen MR) is 334 cm³/mol. The van der Waals surface area contributed by atoms with Crippen LogP contribution in [0, 0.1) is 17.8 Å². The molecule has 4 aliphatic heterocycles. The van der Waals surface area contributed by atoms with Gasteiger partial charge in [0.15, 0.2) is 6.10 Å². The number of urea groups is 1. The maximum Gasteiger partial charge on any atom is 0.410 e. The summed E-state index contributed by atoms with van der Waals surface area (Å²) in [6.07, 6.45) is 8.10. The lowest BCUT2D eigenvalue weighted by molar-refractivity contribution is -0.168. The molecule has 9 amide bonds. The van der Waals surface area contributed by atoms with E-state index in [0.717, 1.165) is 10.5 Å². The number of piperazine rings is 1. The summed E-state index contributed by atoms with van der Waals surface area (Å²) in [5.41, 5.74) is 4.26. The number of nitrogens with two attached hydrogens (primary N) is 1. The summed E-state index contributed by atoms with van der Waals surface area (Å²) in [5, 5.41) is 43.3. The van der Waals surface area contributed by atoms with E-state index in [9.17, 15) is 63.3 Å². The van der Waals surface area contributed by atoms with Crippen LogP contribution in [-0.2, 0) is 63.7 Å². The van der Waals surface area contributed by atoms with E-state index >= 15 is 0 Å². The number of aliphatic hydroxyl groups excluding tert-OH is 2. The van der Waals surface area contributed by atoms with Crippen LogP contribution in [0.25, 0.3) is 0 Å². The van der Waals surface area contributed by atoms with Crippen LogP contribution in [0.3, 0.4) is 0 Å². The topological polar surface area (TPSA) is 365 Å². The summed E-state index contributed by atoms with van der Waals surface area (Å²) in [5.74, 6) is -4.56. The van der Waals surface area contributed by atoms with E-state index in [1.165, 1.54) is 28.9 Å². The van der Waals surface area contributed by atoms with E-state index in [4.69, 9.17) is 29.4 Å². The molecule has 1 aromatic rings. The molecule has 0 aliphatic carbocycles. The monoisotopic (exact) mass is 1280 g/mol. The highest BCUT2D eigenvalue weighted by molar-refractivity contribution is 6.12. The Bertz CT molecular complexity index is 2800. The van der Waals surface area contributed by atoms with Crippen LogP contribution >= 0.6 is 0 Å². The van der Waals surface area contributed by atoms with Crippen molar-refractivity contribution in [3.05, 3.63) is 77.9 Å². The van der Waals surface area contributed by atoms with Gasteiger partial charge in [0.25, 0.3) is 11.8 Å². The molecular formula is C65H96N8O18. The van der Waals surface area contributed by atoms with Gasteiger partial charge < -0.3 is 75.8 Å². The summed E-state index contributed by atoms with van der Waals surface area (Å²) in [4.78, 5) is 132. The van der Waals surface area contributed by atoms with Gasteiger partial charge in [0.05, 0.1) is 43.0 Å². The number of ether oxygens (including phenoxy) is 5. The molecule has 12 atom stereocenters. The normalized spacial score (nSPS) is 24.6. The van der Waals surface area contributed by atoms with Crippen LogP contribution in [0.2, 0.25) is 0 Å². The lowest BCUT2D eigenvalue weighted by Crippen LogP contribution is -2.54. The van der Waals surface area contributed by atoms with E-state index in [2.05, 4.69) is 21.3 Å². The van der Waals surface area contributed by atoms with Crippen LogP contribution in [0.15, 0.2) is 72.4 Å². The molecule has 0 bridgehead atoms. The molecule has 0 aromatic heterocycles. The van der Waals surface area contributed by atoms with Crippen molar-refractivity contribution in [3.63, 3.8) is 0 Å². The fourth-order valence-corrected chi connectivity index (χ4v) is 11.0. The number of hydrogen-bond donors (Lipinski definition) is 8. The van der Waals surface area contributed by atoms with Crippen molar-refractivity contribution in [1.82, 2.24) is 30.7 Å². The van der Waals surface area contributed by atoms with Crippen molar-refractivity contribution < 1.29 is 86.9 Å². The summed E-state index contributed by atoms with van der Waals surface area (Å²) < 4.78 is 29.3. The molecule has 9 N–H and O–H groups in total. The zero-order valence-corrected chi connectivity index (χ0v) is 54.0. The Morgan fingerprint density at radius 1 is 0.901 bits per heavy atom. The Morgan fingerprint density at radius 2 is 1.56 bits per heavy atom. The van der Waals surface area contributed by atoms with Gasteiger partial charge in [-0.25, -0.2) is 14.4 Å². The zero-order valence-electron chi connectivity index (χ0n) is 54.0. The largest absolute Gasteiger partial charge is 0.457 e. The number of cyclic esters (lactones) is 1. The molecule has 0 saturated carbocycles. The second kappa shape index (κ2) is 35.2. The average molecular weight is 1280 g/mol. The number of unbranched alkanes of at least 4 members (excludes halogenated alkanes) is 2. The molecule has 4 aliphatic rings. The minimum atomic E-state index is -1.49. The molecule has 2 fully saturated rings. The number of epoxide rings is 1. The number of hydrogen-bond acceptors (Lipinski definition) is 18. The number of esters is 2. The number of amides is 9. The number of allylic oxidation sites excluding steroid dienone is 2. The molecule has 0 radical (unpaired) electrons. The summed E-state index contributed by atoms with van der Waals surface area (Å²) in [6.45, 7) is 16.1. The maximum atomic E-state index is 14.0. The number of imide groups is 1. The maximum absolute atomic E-state index is 14.0. The van der Waals surface area contributed by atoms with Crippen LogP contribution in [0.4, 0.5) is 20.1 Å². The van der Waals surface area contributed by atoms with Crippen molar-refractivity contribution in [2.75, 3.05) is 51.2 Å². The smallest absolute Gasteiger partial charge is 0.410 e. The van der Waals surface area contributed by atoms with Crippen LogP contribution in [0.1, 0.15) is 139 Å². The first-order valence-electron chi connectivity index (χ1n) is 31.6. The Hall–Kier alpha value is -7.68. The fraction of sp³-hybridized carbons (Fsp3) is 0.631. The van der Waals surface area contributed by atoms with Gasteiger partial charge in [-0.2, -0.15) is 0 Å². The van der Waals surface area contributed by atoms with E-state index in [0.29, 0.717) is 49.8 Å². The highest BCUT2D eigenvalue weighted by Crippen LogP contribution is 2.38. The minimum Gasteiger partial charge on any atom is -0.457 e. The van der Waals surface area contributed by atoms with Crippen molar-refractivity contribution in [2.24, 2.45) is 23.5 Å². The van der Waals surface area contributed by atoms with Gasteiger partial charge in [0.2, 0.25) is 17.7 Å². The number of aliphatic hydroxyl groups is 3. The summed E-state index contributed by atoms with van der Waals surface area (Å²) in [6, 6.07) is 3.96. The molecule has 1 aromatic carbocycles. The van der Waals surface area contributed by atoms with Crippen molar-refractivity contribution >= 4 is 65.4 Å². The summed E-state index contributed by atoms with van der Waals surface area (Å²) >= 11 is 0. The lowest BCUT2D eigenvalue weighted by Gasteiger charge is -2.38. The van der Waals surface area contributed by atoms with Crippen LogP contribution < -0.4 is 27.0 Å². The molecule has 91 heavy (non-hydrogen) atoms. The van der Waals surface area contributed by atoms with Gasteiger partial charge >= 0.3 is 30.2 Å². The number of primary amides is 1. The summed E-state index contributed by atoms with van der Waals surface area (Å²) in [7, 11) is 0. The Morgan fingerprint density at radius 3 is 2.19 bits per heavy atom. The molecule has 4 heterocycles. The van der Waals surface area contributed by atoms with E-state index in [1.807, 2.05) is 13.8 Å². The minimum absolute atomic E-state index is 0.00110. The number of carbonyl (C=O) groups is 10. The van der Waals surface area contributed by atoms with Crippen LogP contribution in [0.5, 0.6) is 0 Å². The first kappa shape index (κ1) is 74.1. The number of benzene rings is 1. The zero-order chi connectivity index (χ0) is 67.2. The average Bonchev–Trinajstić information content (AvgIpc) is 1.83. The molecule has 26 nitrogen and oxygen atoms in total. The van der Waals surface area contributed by atoms with E-state index in [-0.39, 0.29) is 126 Å². The number of nitrogens with one attached hydrogen (secondary N) is 4. The third-order valence-electron chi connectivity index (χ3n) is 16.6. The molecular weight excluding hydrogens is 1180 g/mol. The first-order valence-corrected chi connectivity index (χ1v) is 31.6. The highest BCUT2D eigenvalue weighted by atomic mass is 16.6. The molecule has 0 spiro atoms. The molecule has 5 rings (SSSR count). The number of carbonyl (C=O) groups excluding carboxylic acids is 10. The SMILES string of the molecule is CC[C@H](O)[C@@H](C)[C@H]1O[C@@H]1C[C@@](C)(O)/C=C/C=C(\C)[C@H]1OC(=O)C[C@H](O)CC[C@@](C)(OC(C)=O)[C@@H](OC(=O)N2CCN(C(=O)OCCc3ccc(NC(=O)[C@H](CCCNC(N)=O)NC(=O)[C@@H](NC(=O)CCCCCN4C(=O)C=CC4=O)C(C)C)cc3)CC2)/C=C/[C@@H]1C. The van der Waals surface area contributed by atoms with Gasteiger partial charge in [-0.1, -0.05) is 77.5 Å². The fourth-order valence-electron chi connectivity index (χ4n) is 11.0. The van der Waals surface area contributed by atoms with Gasteiger partial charge in [-0.3, -0.25) is 38.5 Å². The van der Waals surface area contributed by atoms with E-state index in [1.54, 1.807) is 96.2 Å². The Balaban J connectivity index is 1.13. The van der Waals surface area contributed by atoms with Crippen molar-refractivity contribution in [3.8, 4) is 0 Å². The third kappa shape index (κ3) is 24.1. The lowest BCUT2D eigenvalue weighted by atomic mass is 9.88. The highest BCUT2D eigenvalue weighted by Gasteiger charge is 2.47. The number of nitrogens with zero attached hydrogens (tertiary/aromatic N) is 3. The Kier molecular flexibility index (Phi) is 28.7. The van der Waals surface area contributed by atoms with Crippen LogP contribution in [-0.4, -0.2) is 195 Å². The second-order valence-corrected chi connectivity index (χ2v) is 24.8. The molecule has 2 saturated heterocycles. The first-order chi connectivity index (χ1) is 43.0. The van der Waals surface area contributed by atoms with E-state index < -0.39 is 95.6 Å². The standard InChI is InChI=1S/C65H96N8O18/c1-10-49(76)43(6)58-50(88-58)39-64(8,86)29-14-16-41(4)57-42(5)19-24-51(65(9,91-44(7)74)30-27-47(75)38-55(80)90-57)89-63(85)72-35-33-71(34-36-72)62(84)87-37-28-45-20-22-46(23-21-45)68-59(81)48(17-15-31-67-61(66)83)69-60(82)56(40(2)3)70-52(77)18-12-11-13-32-73-53(78)25-26-54(73)79/h14,16,19-26,29,40,42-43,47-51,56-58,75-76,86H,10-13,15,17-18,27-28,30-39H2,1-9H3,(H,68,81)(H,69,82)(H,70,77)(H3,66,67,83)/b24-19+,29-14+,41-16+/t42-,43+,47+,48-,49-,50+,51-,56-,57+,58+,64-,65+/m0/s1. The Labute approximate surface area is 533 Å². The number of anilines is 1. The molecule has 26 heteroatoms. The van der Waals surface area contributed by atoms with Crippen molar-refractivity contribution in [2.45, 2.75) is 199 Å². The quantitative estimate of drug-likeness (QED) is 0.0102. The van der Waals surface area contributed by atoms with Gasteiger partial charge in [-0.15, -0.1) is 0 Å².